The number of hydrogen-bond donors (Lipinski definition) is 2. The number of carbonyl (C=O) groups is 1. The predicted molar refractivity (Wildman–Crippen MR) is 102 cm³/mol. The normalized spacial score (nSPS) is 11.0. The Morgan fingerprint density at radius 3 is 2.46 bits per heavy atom. The van der Waals surface area contributed by atoms with Gasteiger partial charge in [0.2, 0.25) is 0 Å². The third-order valence-electron chi connectivity index (χ3n) is 4.45. The number of rotatable bonds is 2. The molecule has 4 rings (SSSR count). The molecule has 2 heterocycles. The van der Waals surface area contributed by atoms with E-state index >= 15 is 0 Å². The Labute approximate surface area is 149 Å². The highest BCUT2D eigenvalue weighted by molar-refractivity contribution is 6.10. The zero-order valence-electron chi connectivity index (χ0n) is 14.4. The fourth-order valence-corrected chi connectivity index (χ4v) is 3.27. The average Bonchev–Trinajstić information content (AvgIpc) is 2.90. The van der Waals surface area contributed by atoms with Gasteiger partial charge in [-0.3, -0.25) is 4.98 Å². The van der Waals surface area contributed by atoms with Gasteiger partial charge in [-0.2, -0.15) is 0 Å². The first-order valence-corrected chi connectivity index (χ1v) is 8.20. The van der Waals surface area contributed by atoms with E-state index in [4.69, 9.17) is 0 Å². The highest BCUT2D eigenvalue weighted by Gasteiger charge is 2.12. The van der Waals surface area contributed by atoms with Crippen molar-refractivity contribution in [2.24, 2.45) is 7.05 Å². The number of aryl methyl sites for hydroxylation is 2. The van der Waals surface area contributed by atoms with Crippen LogP contribution in [0.25, 0.3) is 21.8 Å². The molecular weight excluding hydrogens is 331 g/mol. The molecule has 2 aromatic heterocycles. The molecule has 2 amide bonds. The van der Waals surface area contributed by atoms with E-state index in [1.54, 1.807) is 6.20 Å². The molecule has 0 saturated heterocycles. The van der Waals surface area contributed by atoms with Gasteiger partial charge in [0, 0.05) is 40.9 Å². The standard InChI is InChI=1S/C20H17FN4O/c1-12-19-16(9-10-22-12)17-11-15(7-8-18(17)25(19)2)24-20(26)23-14-5-3-13(21)4-6-14/h3-11H,1-2H3,(H2,23,24,26). The Morgan fingerprint density at radius 2 is 1.69 bits per heavy atom. The Bertz CT molecular complexity index is 1130. The predicted octanol–water partition coefficient (Wildman–Crippen LogP) is 4.82. The van der Waals surface area contributed by atoms with Gasteiger partial charge in [0.25, 0.3) is 0 Å². The summed E-state index contributed by atoms with van der Waals surface area (Å²) < 4.78 is 15.0. The Hall–Kier alpha value is -3.41. The van der Waals surface area contributed by atoms with E-state index in [9.17, 15) is 9.18 Å². The molecule has 0 bridgehead atoms. The van der Waals surface area contributed by atoms with Crippen LogP contribution in [0.4, 0.5) is 20.6 Å². The third-order valence-corrected chi connectivity index (χ3v) is 4.45. The van der Waals surface area contributed by atoms with Gasteiger partial charge in [-0.15, -0.1) is 0 Å². The lowest BCUT2D eigenvalue weighted by molar-refractivity contribution is 0.262. The maximum absolute atomic E-state index is 12.9. The van der Waals surface area contributed by atoms with Crippen molar-refractivity contribution < 1.29 is 9.18 Å². The summed E-state index contributed by atoms with van der Waals surface area (Å²) in [4.78, 5) is 16.6. The molecule has 130 valence electrons. The first-order chi connectivity index (χ1) is 12.5. The number of anilines is 2. The quantitative estimate of drug-likeness (QED) is 0.546. The lowest BCUT2D eigenvalue weighted by Gasteiger charge is -2.08. The van der Waals surface area contributed by atoms with E-state index in [0.29, 0.717) is 11.4 Å². The fourth-order valence-electron chi connectivity index (χ4n) is 3.27. The number of nitrogens with one attached hydrogen (secondary N) is 2. The molecule has 2 N–H and O–H groups in total. The summed E-state index contributed by atoms with van der Waals surface area (Å²) in [5.41, 5.74) is 4.32. The van der Waals surface area contributed by atoms with Gasteiger partial charge >= 0.3 is 6.03 Å². The molecule has 0 saturated carbocycles. The van der Waals surface area contributed by atoms with E-state index in [2.05, 4.69) is 20.2 Å². The lowest BCUT2D eigenvalue weighted by Crippen LogP contribution is -2.19. The van der Waals surface area contributed by atoms with Gasteiger partial charge in [0.15, 0.2) is 0 Å². The number of amides is 2. The van der Waals surface area contributed by atoms with Crippen LogP contribution in [-0.2, 0) is 7.05 Å². The second-order valence-electron chi connectivity index (χ2n) is 6.17. The second-order valence-corrected chi connectivity index (χ2v) is 6.17. The van der Waals surface area contributed by atoms with Crippen LogP contribution in [0.15, 0.2) is 54.7 Å². The van der Waals surface area contributed by atoms with Gasteiger partial charge in [0.1, 0.15) is 5.82 Å². The number of urea groups is 1. The molecule has 0 radical (unpaired) electrons. The number of pyridine rings is 1. The fraction of sp³-hybridized carbons (Fsp3) is 0.100. The van der Waals surface area contributed by atoms with Crippen molar-refractivity contribution in [3.63, 3.8) is 0 Å². The van der Waals surface area contributed by atoms with E-state index in [1.165, 1.54) is 24.3 Å². The number of hydrogen-bond acceptors (Lipinski definition) is 2. The van der Waals surface area contributed by atoms with Crippen LogP contribution >= 0.6 is 0 Å². The van der Waals surface area contributed by atoms with Crippen molar-refractivity contribution >= 4 is 39.2 Å². The molecule has 2 aromatic carbocycles. The van der Waals surface area contributed by atoms with Crippen molar-refractivity contribution in [1.82, 2.24) is 9.55 Å². The van der Waals surface area contributed by atoms with Crippen molar-refractivity contribution in [2.75, 3.05) is 10.6 Å². The number of fused-ring (bicyclic) bond motifs is 3. The molecule has 5 nitrogen and oxygen atoms in total. The van der Waals surface area contributed by atoms with Crippen LogP contribution in [0.1, 0.15) is 5.69 Å². The Kier molecular flexibility index (Phi) is 3.80. The molecule has 0 unspecified atom stereocenters. The van der Waals surface area contributed by atoms with Crippen LogP contribution < -0.4 is 10.6 Å². The number of carbonyl (C=O) groups excluding carboxylic acids is 1. The first-order valence-electron chi connectivity index (χ1n) is 8.20. The second kappa shape index (κ2) is 6.15. The van der Waals surface area contributed by atoms with E-state index in [1.807, 2.05) is 38.2 Å². The topological polar surface area (TPSA) is 59.0 Å². The molecule has 0 atom stereocenters. The summed E-state index contributed by atoms with van der Waals surface area (Å²) in [7, 11) is 2.01. The van der Waals surface area contributed by atoms with E-state index in [0.717, 1.165) is 27.5 Å². The average molecular weight is 348 g/mol. The van der Waals surface area contributed by atoms with Crippen LogP contribution in [0.2, 0.25) is 0 Å². The largest absolute Gasteiger partial charge is 0.342 e. The maximum Gasteiger partial charge on any atom is 0.323 e. The van der Waals surface area contributed by atoms with Crippen LogP contribution in [0.5, 0.6) is 0 Å². The van der Waals surface area contributed by atoms with Crippen LogP contribution in [0.3, 0.4) is 0 Å². The molecule has 0 aliphatic rings. The minimum atomic E-state index is -0.381. The van der Waals surface area contributed by atoms with Crippen LogP contribution in [-0.4, -0.2) is 15.6 Å². The van der Waals surface area contributed by atoms with Gasteiger partial charge in [-0.05, 0) is 55.5 Å². The van der Waals surface area contributed by atoms with Crippen molar-refractivity contribution in [1.29, 1.82) is 0 Å². The van der Waals surface area contributed by atoms with Gasteiger partial charge in [-0.1, -0.05) is 0 Å². The molecule has 6 heteroatoms. The summed E-state index contributed by atoms with van der Waals surface area (Å²) in [6, 6.07) is 13.0. The molecular formula is C20H17FN4O. The SMILES string of the molecule is Cc1nccc2c3cc(NC(=O)Nc4ccc(F)cc4)ccc3n(C)c12. The summed E-state index contributed by atoms with van der Waals surface area (Å²) in [5, 5.41) is 7.65. The monoisotopic (exact) mass is 348 g/mol. The summed E-state index contributed by atoms with van der Waals surface area (Å²) in [6.45, 7) is 1.98. The van der Waals surface area contributed by atoms with Gasteiger partial charge in [-0.25, -0.2) is 9.18 Å². The zero-order valence-corrected chi connectivity index (χ0v) is 14.4. The van der Waals surface area contributed by atoms with Crippen molar-refractivity contribution in [2.45, 2.75) is 6.92 Å². The van der Waals surface area contributed by atoms with Crippen molar-refractivity contribution in [3.8, 4) is 0 Å². The van der Waals surface area contributed by atoms with Crippen molar-refractivity contribution in [3.05, 3.63) is 66.2 Å². The minimum absolute atomic E-state index is 0.345. The maximum atomic E-state index is 12.9. The van der Waals surface area contributed by atoms with Gasteiger partial charge < -0.3 is 15.2 Å². The molecule has 26 heavy (non-hydrogen) atoms. The minimum Gasteiger partial charge on any atom is -0.342 e. The number of halogens is 1. The third kappa shape index (κ3) is 2.75. The van der Waals surface area contributed by atoms with E-state index < -0.39 is 0 Å². The number of benzene rings is 2. The molecule has 0 fully saturated rings. The summed E-state index contributed by atoms with van der Waals surface area (Å²) in [5.74, 6) is -0.345. The number of nitrogens with zero attached hydrogens (tertiary/aromatic N) is 2. The molecule has 0 spiro atoms. The van der Waals surface area contributed by atoms with Gasteiger partial charge in [0.05, 0.1) is 11.2 Å². The highest BCUT2D eigenvalue weighted by atomic mass is 19.1. The first kappa shape index (κ1) is 16.1. The van der Waals surface area contributed by atoms with Crippen LogP contribution in [0, 0.1) is 12.7 Å². The summed E-state index contributed by atoms with van der Waals surface area (Å²) >= 11 is 0. The Morgan fingerprint density at radius 1 is 1.00 bits per heavy atom. The molecule has 0 aliphatic heterocycles. The molecule has 0 aliphatic carbocycles. The van der Waals surface area contributed by atoms with E-state index in [-0.39, 0.29) is 11.8 Å². The molecule has 4 aromatic rings. The zero-order chi connectivity index (χ0) is 18.3. The Balaban J connectivity index is 1.65. The smallest absolute Gasteiger partial charge is 0.323 e. The summed E-state index contributed by atoms with van der Waals surface area (Å²) in [6.07, 6.45) is 1.79. The lowest BCUT2D eigenvalue weighted by atomic mass is 10.1. The highest BCUT2D eigenvalue weighted by Crippen LogP contribution is 2.31. The number of aromatic nitrogens is 2.